The minimum atomic E-state index is -0.856. The first-order valence-corrected chi connectivity index (χ1v) is 11.3. The molecule has 0 spiro atoms. The van der Waals surface area contributed by atoms with Crippen LogP contribution in [-0.4, -0.2) is 24.1 Å². The second-order valence-electron chi connectivity index (χ2n) is 8.16. The number of rotatable bonds is 6. The lowest BCUT2D eigenvalue weighted by Crippen LogP contribution is -2.30. The normalized spacial score (nSPS) is 14.9. The van der Waals surface area contributed by atoms with Crippen LogP contribution < -0.4 is 19.8 Å². The Balaban J connectivity index is 1.79. The zero-order chi connectivity index (χ0) is 24.7. The third-order valence-corrected chi connectivity index (χ3v) is 5.86. The number of halogens is 1. The molecule has 1 aliphatic rings. The lowest BCUT2D eigenvalue weighted by atomic mass is 9.98. The van der Waals surface area contributed by atoms with Crippen molar-refractivity contribution >= 4 is 22.7 Å². The molecule has 4 aromatic rings. The van der Waals surface area contributed by atoms with Gasteiger partial charge in [0, 0.05) is 6.20 Å². The summed E-state index contributed by atoms with van der Waals surface area (Å²) in [7, 11) is 0. The second-order valence-corrected chi connectivity index (χ2v) is 8.16. The van der Waals surface area contributed by atoms with Gasteiger partial charge < -0.3 is 13.9 Å². The molecule has 1 unspecified atom stereocenters. The molecule has 1 atom stereocenters. The lowest BCUT2D eigenvalue weighted by molar-refractivity contribution is 0.0970. The molecule has 0 saturated carbocycles. The predicted octanol–water partition coefficient (Wildman–Crippen LogP) is 5.18. The second kappa shape index (κ2) is 8.87. The van der Waals surface area contributed by atoms with Gasteiger partial charge in [-0.2, -0.15) is 0 Å². The van der Waals surface area contributed by atoms with Gasteiger partial charge in [-0.15, -0.1) is 0 Å². The highest BCUT2D eigenvalue weighted by Crippen LogP contribution is 2.43. The molecule has 0 aliphatic carbocycles. The molecule has 0 N–H and O–H groups in total. The van der Waals surface area contributed by atoms with Gasteiger partial charge in [-0.05, 0) is 74.4 Å². The highest BCUT2D eigenvalue weighted by molar-refractivity contribution is 6.10. The van der Waals surface area contributed by atoms with Gasteiger partial charge in [-0.1, -0.05) is 6.07 Å². The summed E-state index contributed by atoms with van der Waals surface area (Å²) >= 11 is 0. The molecule has 2 aromatic carbocycles. The molecular formula is C27H23FN2O5. The zero-order valence-corrected chi connectivity index (χ0v) is 19.5. The number of carbonyl (C=O) groups excluding carboxylic acids is 1. The van der Waals surface area contributed by atoms with E-state index in [-0.39, 0.29) is 22.3 Å². The summed E-state index contributed by atoms with van der Waals surface area (Å²) in [5, 5.41) is 0.0663. The van der Waals surface area contributed by atoms with Crippen LogP contribution in [0.4, 0.5) is 10.2 Å². The van der Waals surface area contributed by atoms with Crippen molar-refractivity contribution in [1.29, 1.82) is 0 Å². The van der Waals surface area contributed by atoms with E-state index in [1.165, 1.54) is 17.0 Å². The van der Waals surface area contributed by atoms with Crippen LogP contribution in [0.1, 0.15) is 47.1 Å². The maximum Gasteiger partial charge on any atom is 0.296 e. The summed E-state index contributed by atoms with van der Waals surface area (Å²) in [6.45, 7) is 6.47. The number of aromatic nitrogens is 1. The highest BCUT2D eigenvalue weighted by Gasteiger charge is 2.44. The van der Waals surface area contributed by atoms with Crippen molar-refractivity contribution in [2.24, 2.45) is 0 Å². The molecular weight excluding hydrogens is 451 g/mol. The molecule has 7 nitrogen and oxygen atoms in total. The van der Waals surface area contributed by atoms with E-state index in [0.29, 0.717) is 36.1 Å². The standard InChI is InChI=1S/C27H23FN2O5/c1-4-33-20-8-6-16(13-21(20)34-5-2)24-23-25(31)18-14-17(28)7-9-19(18)35-26(23)27(32)30(24)22-12-15(3)10-11-29-22/h6-14,24H,4-5H2,1-3H3. The number of carbonyl (C=O) groups is 1. The van der Waals surface area contributed by atoms with E-state index in [9.17, 15) is 14.0 Å². The van der Waals surface area contributed by atoms with E-state index in [4.69, 9.17) is 13.9 Å². The van der Waals surface area contributed by atoms with Gasteiger partial charge >= 0.3 is 0 Å². The van der Waals surface area contributed by atoms with Gasteiger partial charge in [0.05, 0.1) is 30.2 Å². The number of benzene rings is 2. The summed E-state index contributed by atoms with van der Waals surface area (Å²) in [5.74, 6) is 0.250. The number of fused-ring (bicyclic) bond motifs is 2. The molecule has 5 rings (SSSR count). The van der Waals surface area contributed by atoms with Crippen LogP contribution in [0.5, 0.6) is 11.5 Å². The zero-order valence-electron chi connectivity index (χ0n) is 19.5. The smallest absolute Gasteiger partial charge is 0.296 e. The third-order valence-electron chi connectivity index (χ3n) is 5.86. The summed E-state index contributed by atoms with van der Waals surface area (Å²) in [6, 6.07) is 11.7. The number of hydrogen-bond acceptors (Lipinski definition) is 6. The summed E-state index contributed by atoms with van der Waals surface area (Å²) in [6.07, 6.45) is 1.60. The Bertz CT molecular complexity index is 1510. The van der Waals surface area contributed by atoms with Crippen molar-refractivity contribution in [3.8, 4) is 11.5 Å². The molecule has 178 valence electrons. The van der Waals surface area contributed by atoms with E-state index in [1.807, 2.05) is 26.8 Å². The maximum absolute atomic E-state index is 14.0. The van der Waals surface area contributed by atoms with E-state index >= 15 is 0 Å². The number of pyridine rings is 1. The van der Waals surface area contributed by atoms with Crippen molar-refractivity contribution in [2.45, 2.75) is 26.8 Å². The molecule has 1 aliphatic heterocycles. The summed E-state index contributed by atoms with van der Waals surface area (Å²) in [5.41, 5.74) is 1.30. The minimum Gasteiger partial charge on any atom is -0.490 e. The van der Waals surface area contributed by atoms with Crippen LogP contribution in [0.25, 0.3) is 11.0 Å². The molecule has 2 aromatic heterocycles. The van der Waals surface area contributed by atoms with Gasteiger partial charge in [-0.25, -0.2) is 9.37 Å². The molecule has 0 fully saturated rings. The van der Waals surface area contributed by atoms with Gasteiger partial charge in [0.15, 0.2) is 16.9 Å². The topological polar surface area (TPSA) is 81.9 Å². The van der Waals surface area contributed by atoms with E-state index in [2.05, 4.69) is 4.98 Å². The fourth-order valence-corrected chi connectivity index (χ4v) is 4.39. The van der Waals surface area contributed by atoms with Crippen molar-refractivity contribution in [3.63, 3.8) is 0 Å². The van der Waals surface area contributed by atoms with Crippen molar-refractivity contribution < 1.29 is 23.1 Å². The first kappa shape index (κ1) is 22.6. The van der Waals surface area contributed by atoms with Crippen LogP contribution in [0.15, 0.2) is 63.9 Å². The molecule has 1 amide bonds. The van der Waals surface area contributed by atoms with Gasteiger partial charge in [0.2, 0.25) is 5.76 Å². The van der Waals surface area contributed by atoms with Crippen molar-refractivity contribution in [2.75, 3.05) is 18.1 Å². The average Bonchev–Trinajstić information content (AvgIpc) is 3.13. The van der Waals surface area contributed by atoms with Gasteiger partial charge in [0.1, 0.15) is 17.2 Å². The summed E-state index contributed by atoms with van der Waals surface area (Å²) < 4.78 is 31.4. The fraction of sp³-hybridized carbons (Fsp3) is 0.222. The highest BCUT2D eigenvalue weighted by atomic mass is 19.1. The number of amides is 1. The van der Waals surface area contributed by atoms with E-state index in [1.54, 1.807) is 30.5 Å². The quantitative estimate of drug-likeness (QED) is 0.383. The number of ether oxygens (including phenoxy) is 2. The first-order chi connectivity index (χ1) is 16.9. The number of aryl methyl sites for hydroxylation is 1. The Morgan fingerprint density at radius 3 is 2.51 bits per heavy atom. The Morgan fingerprint density at radius 1 is 1.00 bits per heavy atom. The van der Waals surface area contributed by atoms with Crippen LogP contribution in [0, 0.1) is 12.7 Å². The molecule has 8 heteroatoms. The SMILES string of the molecule is CCOc1ccc(C2c3c(oc4ccc(F)cc4c3=O)C(=O)N2c2cc(C)ccn2)cc1OCC. The van der Waals surface area contributed by atoms with Crippen LogP contribution in [0.3, 0.4) is 0 Å². The van der Waals surface area contributed by atoms with Crippen LogP contribution in [0.2, 0.25) is 0 Å². The molecule has 0 radical (unpaired) electrons. The maximum atomic E-state index is 14.0. The number of anilines is 1. The molecule has 0 bridgehead atoms. The first-order valence-electron chi connectivity index (χ1n) is 11.3. The fourth-order valence-electron chi connectivity index (χ4n) is 4.39. The van der Waals surface area contributed by atoms with Crippen molar-refractivity contribution in [3.05, 3.63) is 93.2 Å². The molecule has 0 saturated heterocycles. The Kier molecular flexibility index (Phi) is 5.72. The predicted molar refractivity (Wildman–Crippen MR) is 129 cm³/mol. The van der Waals surface area contributed by atoms with Crippen LogP contribution >= 0.6 is 0 Å². The van der Waals surface area contributed by atoms with Crippen molar-refractivity contribution in [1.82, 2.24) is 4.98 Å². The van der Waals surface area contributed by atoms with E-state index in [0.717, 1.165) is 11.6 Å². The third kappa shape index (κ3) is 3.80. The minimum absolute atomic E-state index is 0.0663. The molecule has 3 heterocycles. The number of nitrogens with zero attached hydrogens (tertiary/aromatic N) is 2. The lowest BCUT2D eigenvalue weighted by Gasteiger charge is -2.25. The van der Waals surface area contributed by atoms with Gasteiger partial charge in [-0.3, -0.25) is 14.5 Å². The average molecular weight is 474 g/mol. The number of hydrogen-bond donors (Lipinski definition) is 0. The molecule has 35 heavy (non-hydrogen) atoms. The Labute approximate surface area is 200 Å². The van der Waals surface area contributed by atoms with Crippen LogP contribution in [-0.2, 0) is 0 Å². The Hall–Kier alpha value is -4.20. The monoisotopic (exact) mass is 474 g/mol. The largest absolute Gasteiger partial charge is 0.490 e. The summed E-state index contributed by atoms with van der Waals surface area (Å²) in [4.78, 5) is 33.1. The van der Waals surface area contributed by atoms with E-state index < -0.39 is 23.2 Å². The Morgan fingerprint density at radius 2 is 1.77 bits per heavy atom. The van der Waals surface area contributed by atoms with Gasteiger partial charge in [0.25, 0.3) is 5.91 Å².